The molecule has 0 heterocycles. The second-order valence-electron chi connectivity index (χ2n) is 4.91. The predicted molar refractivity (Wildman–Crippen MR) is 53.7 cm³/mol. The zero-order chi connectivity index (χ0) is 10.1. The van der Waals surface area contributed by atoms with Crippen LogP contribution in [0.5, 0.6) is 0 Å². The molecule has 0 aliphatic heterocycles. The summed E-state index contributed by atoms with van der Waals surface area (Å²) >= 11 is 0. The first-order valence-corrected chi connectivity index (χ1v) is 5.57. The third kappa shape index (κ3) is 2.47. The number of rotatable bonds is 4. The first-order valence-electron chi connectivity index (χ1n) is 5.57. The van der Waals surface area contributed by atoms with Crippen LogP contribution >= 0.6 is 0 Å². The van der Waals surface area contributed by atoms with Gasteiger partial charge < -0.3 is 10.0 Å². The zero-order valence-electron chi connectivity index (χ0n) is 8.78. The van der Waals surface area contributed by atoms with Crippen LogP contribution in [0.4, 0.5) is 0 Å². The van der Waals surface area contributed by atoms with E-state index in [1.807, 2.05) is 11.9 Å². The minimum absolute atomic E-state index is 0.105. The van der Waals surface area contributed by atoms with Crippen molar-refractivity contribution in [3.05, 3.63) is 0 Å². The largest absolute Gasteiger partial charge is 0.393 e. The molecule has 1 amide bonds. The highest BCUT2D eigenvalue weighted by Gasteiger charge is 2.30. The van der Waals surface area contributed by atoms with Gasteiger partial charge in [0.05, 0.1) is 6.10 Å². The van der Waals surface area contributed by atoms with E-state index in [2.05, 4.69) is 0 Å². The van der Waals surface area contributed by atoms with Crippen LogP contribution < -0.4 is 0 Å². The fourth-order valence-corrected chi connectivity index (χ4v) is 2.06. The predicted octanol–water partition coefficient (Wildman–Crippen LogP) is 1.02. The van der Waals surface area contributed by atoms with Gasteiger partial charge in [0.25, 0.3) is 0 Å². The lowest BCUT2D eigenvalue weighted by Crippen LogP contribution is -2.39. The van der Waals surface area contributed by atoms with Crippen LogP contribution in [0.1, 0.15) is 32.1 Å². The molecule has 2 fully saturated rings. The number of carbonyl (C=O) groups excluding carboxylic acids is 1. The second kappa shape index (κ2) is 3.89. The molecule has 2 saturated carbocycles. The van der Waals surface area contributed by atoms with E-state index in [0.29, 0.717) is 11.8 Å². The normalized spacial score (nSPS) is 31.0. The van der Waals surface area contributed by atoms with Crippen molar-refractivity contribution in [3.63, 3.8) is 0 Å². The Morgan fingerprint density at radius 3 is 2.50 bits per heavy atom. The molecule has 0 aromatic carbocycles. The summed E-state index contributed by atoms with van der Waals surface area (Å²) in [6, 6.07) is 0. The van der Waals surface area contributed by atoms with Crippen molar-refractivity contribution >= 4 is 5.91 Å². The average Bonchev–Trinajstić information content (AvgIpc) is 2.85. The Kier molecular flexibility index (Phi) is 2.77. The van der Waals surface area contributed by atoms with E-state index in [1.54, 1.807) is 0 Å². The van der Waals surface area contributed by atoms with Crippen molar-refractivity contribution in [2.45, 2.75) is 38.2 Å². The van der Waals surface area contributed by atoms with E-state index < -0.39 is 0 Å². The van der Waals surface area contributed by atoms with Gasteiger partial charge in [-0.3, -0.25) is 4.79 Å². The Hall–Kier alpha value is -0.570. The summed E-state index contributed by atoms with van der Waals surface area (Å²) in [5, 5.41) is 9.12. The van der Waals surface area contributed by atoms with Crippen molar-refractivity contribution in [2.75, 3.05) is 13.6 Å². The Labute approximate surface area is 85.1 Å². The van der Waals surface area contributed by atoms with Gasteiger partial charge in [0, 0.05) is 20.0 Å². The van der Waals surface area contributed by atoms with Gasteiger partial charge in [0.15, 0.2) is 0 Å². The Morgan fingerprint density at radius 1 is 1.36 bits per heavy atom. The van der Waals surface area contributed by atoms with Gasteiger partial charge in [0.1, 0.15) is 0 Å². The quantitative estimate of drug-likeness (QED) is 0.731. The van der Waals surface area contributed by atoms with Crippen molar-refractivity contribution in [3.8, 4) is 0 Å². The van der Waals surface area contributed by atoms with Gasteiger partial charge >= 0.3 is 0 Å². The first-order chi connectivity index (χ1) is 6.65. The smallest absolute Gasteiger partial charge is 0.222 e. The number of aliphatic hydroxyl groups is 1. The van der Waals surface area contributed by atoms with Crippen LogP contribution in [0.15, 0.2) is 0 Å². The van der Waals surface area contributed by atoms with Crippen LogP contribution in [0, 0.1) is 11.8 Å². The molecule has 0 atom stereocenters. The van der Waals surface area contributed by atoms with Crippen LogP contribution in [-0.2, 0) is 4.79 Å². The average molecular weight is 197 g/mol. The molecule has 3 nitrogen and oxygen atoms in total. The lowest BCUT2D eigenvalue weighted by atomic mass is 9.82. The summed E-state index contributed by atoms with van der Waals surface area (Å²) in [5.41, 5.74) is 0. The summed E-state index contributed by atoms with van der Waals surface area (Å²) in [4.78, 5) is 13.5. The van der Waals surface area contributed by atoms with E-state index in [9.17, 15) is 4.79 Å². The Balaban J connectivity index is 1.66. The number of hydrogen-bond acceptors (Lipinski definition) is 2. The maximum atomic E-state index is 11.6. The van der Waals surface area contributed by atoms with Gasteiger partial charge in [-0.2, -0.15) is 0 Å². The molecule has 0 spiro atoms. The van der Waals surface area contributed by atoms with Crippen molar-refractivity contribution in [1.29, 1.82) is 0 Å². The molecule has 0 radical (unpaired) electrons. The highest BCUT2D eigenvalue weighted by molar-refractivity contribution is 5.76. The minimum atomic E-state index is -0.105. The summed E-state index contributed by atoms with van der Waals surface area (Å²) < 4.78 is 0. The van der Waals surface area contributed by atoms with E-state index in [0.717, 1.165) is 25.8 Å². The fourth-order valence-electron chi connectivity index (χ4n) is 2.06. The van der Waals surface area contributed by atoms with Gasteiger partial charge in [-0.25, -0.2) is 0 Å². The number of amides is 1. The standard InChI is InChI=1S/C11H19NO2/c1-12(7-9-4-10(13)5-9)11(14)6-8-2-3-8/h8-10,13H,2-7H2,1H3. The van der Waals surface area contributed by atoms with Crippen LogP contribution in [0.25, 0.3) is 0 Å². The van der Waals surface area contributed by atoms with Crippen LogP contribution in [-0.4, -0.2) is 35.6 Å². The molecule has 0 bridgehead atoms. The Bertz CT molecular complexity index is 219. The van der Waals surface area contributed by atoms with Crippen LogP contribution in [0.3, 0.4) is 0 Å². The van der Waals surface area contributed by atoms with E-state index in [-0.39, 0.29) is 12.0 Å². The van der Waals surface area contributed by atoms with Gasteiger partial charge in [-0.1, -0.05) is 0 Å². The first kappa shape index (κ1) is 9.97. The monoisotopic (exact) mass is 197 g/mol. The maximum Gasteiger partial charge on any atom is 0.222 e. The van der Waals surface area contributed by atoms with Gasteiger partial charge in [-0.15, -0.1) is 0 Å². The molecule has 2 rings (SSSR count). The van der Waals surface area contributed by atoms with E-state index in [1.165, 1.54) is 12.8 Å². The third-order valence-electron chi connectivity index (χ3n) is 3.33. The van der Waals surface area contributed by atoms with E-state index >= 15 is 0 Å². The number of hydrogen-bond donors (Lipinski definition) is 1. The zero-order valence-corrected chi connectivity index (χ0v) is 8.78. The van der Waals surface area contributed by atoms with Crippen molar-refractivity contribution in [1.82, 2.24) is 4.90 Å². The third-order valence-corrected chi connectivity index (χ3v) is 3.33. The molecule has 1 N–H and O–H groups in total. The molecule has 0 aromatic heterocycles. The highest BCUT2D eigenvalue weighted by atomic mass is 16.3. The lowest BCUT2D eigenvalue weighted by molar-refractivity contribution is -0.131. The molecule has 0 saturated heterocycles. The second-order valence-corrected chi connectivity index (χ2v) is 4.91. The molecule has 3 heteroatoms. The van der Waals surface area contributed by atoms with Gasteiger partial charge in [-0.05, 0) is 37.5 Å². The molecular formula is C11H19NO2. The number of nitrogens with zero attached hydrogens (tertiary/aromatic N) is 1. The molecule has 2 aliphatic carbocycles. The summed E-state index contributed by atoms with van der Waals surface area (Å²) in [5.74, 6) is 1.50. The fraction of sp³-hybridized carbons (Fsp3) is 0.909. The lowest BCUT2D eigenvalue weighted by Gasteiger charge is -2.34. The summed E-state index contributed by atoms with van der Waals surface area (Å²) in [6.45, 7) is 0.836. The molecule has 0 aromatic rings. The number of aliphatic hydroxyl groups excluding tert-OH is 1. The molecular weight excluding hydrogens is 178 g/mol. The SMILES string of the molecule is CN(CC1CC(O)C1)C(=O)CC1CC1. The van der Waals surface area contributed by atoms with Crippen molar-refractivity contribution < 1.29 is 9.90 Å². The molecule has 14 heavy (non-hydrogen) atoms. The minimum Gasteiger partial charge on any atom is -0.393 e. The highest BCUT2D eigenvalue weighted by Crippen LogP contribution is 2.33. The molecule has 0 unspecified atom stereocenters. The maximum absolute atomic E-state index is 11.6. The van der Waals surface area contributed by atoms with Crippen molar-refractivity contribution in [2.24, 2.45) is 11.8 Å². The van der Waals surface area contributed by atoms with Gasteiger partial charge in [0.2, 0.25) is 5.91 Å². The summed E-state index contributed by atoms with van der Waals surface area (Å²) in [6.07, 6.45) is 4.86. The summed E-state index contributed by atoms with van der Waals surface area (Å²) in [7, 11) is 1.88. The topological polar surface area (TPSA) is 40.5 Å². The molecule has 80 valence electrons. The van der Waals surface area contributed by atoms with Crippen LogP contribution in [0.2, 0.25) is 0 Å². The Morgan fingerprint density at radius 2 is 2.00 bits per heavy atom. The van der Waals surface area contributed by atoms with E-state index in [4.69, 9.17) is 5.11 Å². The molecule has 2 aliphatic rings. The number of carbonyl (C=O) groups is 1.